The summed E-state index contributed by atoms with van der Waals surface area (Å²) < 4.78 is 26.5. The van der Waals surface area contributed by atoms with E-state index in [1.54, 1.807) is 13.8 Å². The highest BCUT2D eigenvalue weighted by Gasteiger charge is 2.26. The zero-order valence-corrected chi connectivity index (χ0v) is 15.9. The minimum absolute atomic E-state index is 0.0751. The van der Waals surface area contributed by atoms with Crippen molar-refractivity contribution in [1.82, 2.24) is 9.62 Å². The lowest BCUT2D eigenvalue weighted by Crippen LogP contribution is -2.44. The molecule has 1 saturated heterocycles. The van der Waals surface area contributed by atoms with Crippen LogP contribution in [0.4, 0.5) is 0 Å². The molecule has 0 unspecified atom stereocenters. The second-order valence-electron chi connectivity index (χ2n) is 7.54. The SMILES string of the molecule is CC(C)S(=O)(=O)NC[C@H]1CCCN(C(=O)c2ccc3c(c2)CCC3)C1. The van der Waals surface area contributed by atoms with Crippen LogP contribution in [0.25, 0.3) is 0 Å². The van der Waals surface area contributed by atoms with Crippen molar-refractivity contribution in [2.75, 3.05) is 19.6 Å². The van der Waals surface area contributed by atoms with E-state index in [2.05, 4.69) is 16.9 Å². The molecule has 0 saturated carbocycles. The van der Waals surface area contributed by atoms with Crippen molar-refractivity contribution in [3.8, 4) is 0 Å². The van der Waals surface area contributed by atoms with Crippen LogP contribution in [-0.4, -0.2) is 44.1 Å². The standard InChI is InChI=1S/C19H28N2O3S/c1-14(2)25(23,24)20-12-15-5-4-10-21(13-15)19(22)18-9-8-16-6-3-7-17(16)11-18/h8-9,11,14-15,20H,3-7,10,12-13H2,1-2H3/t15-/m1/s1. The van der Waals surface area contributed by atoms with Gasteiger partial charge >= 0.3 is 0 Å². The molecule has 0 aromatic heterocycles. The first-order valence-electron chi connectivity index (χ1n) is 9.26. The summed E-state index contributed by atoms with van der Waals surface area (Å²) in [7, 11) is -3.25. The van der Waals surface area contributed by atoms with Crippen molar-refractivity contribution >= 4 is 15.9 Å². The number of carbonyl (C=O) groups is 1. The normalized spacial score (nSPS) is 20.8. The highest BCUT2D eigenvalue weighted by atomic mass is 32.2. The molecule has 1 heterocycles. The number of nitrogens with zero attached hydrogens (tertiary/aromatic N) is 1. The van der Waals surface area contributed by atoms with Crippen LogP contribution in [0.1, 0.15) is 54.6 Å². The fraction of sp³-hybridized carbons (Fsp3) is 0.632. The van der Waals surface area contributed by atoms with Crippen LogP contribution in [0.15, 0.2) is 18.2 Å². The van der Waals surface area contributed by atoms with Gasteiger partial charge < -0.3 is 4.90 Å². The second-order valence-corrected chi connectivity index (χ2v) is 9.86. The van der Waals surface area contributed by atoms with Gasteiger partial charge in [0.2, 0.25) is 10.0 Å². The first kappa shape index (κ1) is 18.4. The quantitative estimate of drug-likeness (QED) is 0.872. The summed E-state index contributed by atoms with van der Waals surface area (Å²) in [5.41, 5.74) is 3.45. The van der Waals surface area contributed by atoms with Gasteiger partial charge in [0.05, 0.1) is 5.25 Å². The van der Waals surface area contributed by atoms with E-state index < -0.39 is 15.3 Å². The van der Waals surface area contributed by atoms with E-state index in [1.165, 1.54) is 17.5 Å². The molecule has 1 aromatic rings. The number of carbonyl (C=O) groups excluding carboxylic acids is 1. The number of hydrogen-bond donors (Lipinski definition) is 1. The molecular formula is C19H28N2O3S. The number of fused-ring (bicyclic) bond motifs is 1. The molecule has 2 aliphatic rings. The van der Waals surface area contributed by atoms with E-state index in [0.717, 1.165) is 37.8 Å². The monoisotopic (exact) mass is 364 g/mol. The van der Waals surface area contributed by atoms with Gasteiger partial charge in [-0.05, 0) is 75.1 Å². The lowest BCUT2D eigenvalue weighted by molar-refractivity contribution is 0.0676. The Kier molecular flexibility index (Phi) is 5.49. The summed E-state index contributed by atoms with van der Waals surface area (Å²) in [4.78, 5) is 14.7. The summed E-state index contributed by atoms with van der Waals surface area (Å²) in [5, 5.41) is -0.430. The summed E-state index contributed by atoms with van der Waals surface area (Å²) in [6.07, 6.45) is 5.23. The van der Waals surface area contributed by atoms with Crippen LogP contribution < -0.4 is 4.72 Å². The van der Waals surface area contributed by atoms with Crippen molar-refractivity contribution in [3.63, 3.8) is 0 Å². The molecule has 1 N–H and O–H groups in total. The first-order chi connectivity index (χ1) is 11.9. The third-order valence-corrected chi connectivity index (χ3v) is 7.16. The maximum absolute atomic E-state index is 12.8. The van der Waals surface area contributed by atoms with Gasteiger partial charge in [-0.1, -0.05) is 6.07 Å². The Bertz CT molecular complexity index is 743. The minimum Gasteiger partial charge on any atom is -0.338 e. The Morgan fingerprint density at radius 1 is 1.24 bits per heavy atom. The lowest BCUT2D eigenvalue weighted by Gasteiger charge is -2.33. The zero-order chi connectivity index (χ0) is 18.0. The number of aryl methyl sites for hydroxylation is 2. The van der Waals surface area contributed by atoms with E-state index in [9.17, 15) is 13.2 Å². The zero-order valence-electron chi connectivity index (χ0n) is 15.1. The highest BCUT2D eigenvalue weighted by Crippen LogP contribution is 2.25. The van der Waals surface area contributed by atoms with Crippen LogP contribution >= 0.6 is 0 Å². The Labute approximate surface area is 150 Å². The number of piperidine rings is 1. The predicted molar refractivity (Wildman–Crippen MR) is 99.2 cm³/mol. The summed E-state index contributed by atoms with van der Waals surface area (Å²) in [6.45, 7) is 5.13. The molecule has 3 rings (SSSR count). The van der Waals surface area contributed by atoms with Crippen LogP contribution in [0.2, 0.25) is 0 Å². The minimum atomic E-state index is -3.25. The third kappa shape index (κ3) is 4.23. The summed E-state index contributed by atoms with van der Waals surface area (Å²) in [6, 6.07) is 6.08. The van der Waals surface area contributed by atoms with Gasteiger partial charge in [-0.15, -0.1) is 0 Å². The fourth-order valence-electron chi connectivity index (χ4n) is 3.70. The molecule has 6 heteroatoms. The van der Waals surface area contributed by atoms with Crippen molar-refractivity contribution < 1.29 is 13.2 Å². The van der Waals surface area contributed by atoms with E-state index in [0.29, 0.717) is 13.1 Å². The molecule has 1 aromatic carbocycles. The molecule has 1 atom stereocenters. The van der Waals surface area contributed by atoms with Gasteiger partial charge in [-0.3, -0.25) is 4.79 Å². The van der Waals surface area contributed by atoms with Crippen molar-refractivity contribution in [3.05, 3.63) is 34.9 Å². The van der Waals surface area contributed by atoms with Crippen molar-refractivity contribution in [2.24, 2.45) is 5.92 Å². The molecule has 1 fully saturated rings. The average Bonchev–Trinajstić information content (AvgIpc) is 3.07. The van der Waals surface area contributed by atoms with Gasteiger partial charge in [0, 0.05) is 25.2 Å². The maximum Gasteiger partial charge on any atom is 0.253 e. The molecule has 0 radical (unpaired) electrons. The Balaban J connectivity index is 1.62. The Morgan fingerprint density at radius 2 is 2.00 bits per heavy atom. The van der Waals surface area contributed by atoms with Crippen molar-refractivity contribution in [2.45, 2.75) is 51.2 Å². The Hall–Kier alpha value is -1.40. The van der Waals surface area contributed by atoms with Crippen LogP contribution in [-0.2, 0) is 22.9 Å². The number of benzene rings is 1. The van der Waals surface area contributed by atoms with Gasteiger partial charge in [0.25, 0.3) is 5.91 Å². The molecule has 1 aliphatic heterocycles. The third-order valence-electron chi connectivity index (χ3n) is 5.35. The molecular weight excluding hydrogens is 336 g/mol. The van der Waals surface area contributed by atoms with Crippen molar-refractivity contribution in [1.29, 1.82) is 0 Å². The number of amides is 1. The highest BCUT2D eigenvalue weighted by molar-refractivity contribution is 7.90. The number of rotatable bonds is 5. The topological polar surface area (TPSA) is 66.5 Å². The van der Waals surface area contributed by atoms with E-state index in [-0.39, 0.29) is 11.8 Å². The molecule has 5 nitrogen and oxygen atoms in total. The predicted octanol–water partition coefficient (Wildman–Crippen LogP) is 2.36. The Morgan fingerprint density at radius 3 is 2.76 bits per heavy atom. The molecule has 1 aliphatic carbocycles. The van der Waals surface area contributed by atoms with Crippen LogP contribution in [0.5, 0.6) is 0 Å². The molecule has 0 bridgehead atoms. The van der Waals surface area contributed by atoms with E-state index >= 15 is 0 Å². The number of nitrogens with one attached hydrogen (secondary N) is 1. The van der Waals surface area contributed by atoms with E-state index in [4.69, 9.17) is 0 Å². The van der Waals surface area contributed by atoms with E-state index in [1.807, 2.05) is 11.0 Å². The van der Waals surface area contributed by atoms with Gasteiger partial charge in [0.15, 0.2) is 0 Å². The smallest absolute Gasteiger partial charge is 0.253 e. The molecule has 138 valence electrons. The second kappa shape index (κ2) is 7.46. The lowest BCUT2D eigenvalue weighted by atomic mass is 9.97. The van der Waals surface area contributed by atoms with Gasteiger partial charge in [-0.2, -0.15) is 0 Å². The number of hydrogen-bond acceptors (Lipinski definition) is 3. The summed E-state index contributed by atoms with van der Waals surface area (Å²) >= 11 is 0. The van der Waals surface area contributed by atoms with Gasteiger partial charge in [-0.25, -0.2) is 13.1 Å². The molecule has 1 amide bonds. The first-order valence-corrected chi connectivity index (χ1v) is 10.8. The largest absolute Gasteiger partial charge is 0.338 e. The van der Waals surface area contributed by atoms with Gasteiger partial charge in [0.1, 0.15) is 0 Å². The fourth-order valence-corrected chi connectivity index (χ4v) is 4.51. The van der Waals surface area contributed by atoms with Crippen LogP contribution in [0, 0.1) is 5.92 Å². The molecule has 0 spiro atoms. The number of likely N-dealkylation sites (tertiary alicyclic amines) is 1. The maximum atomic E-state index is 12.8. The number of sulfonamides is 1. The van der Waals surface area contributed by atoms with Crippen LogP contribution in [0.3, 0.4) is 0 Å². The molecule has 25 heavy (non-hydrogen) atoms. The summed E-state index contributed by atoms with van der Waals surface area (Å²) in [5.74, 6) is 0.256. The average molecular weight is 365 g/mol.